The van der Waals surface area contributed by atoms with E-state index in [1.54, 1.807) is 6.92 Å². The molecule has 0 N–H and O–H groups in total. The van der Waals surface area contributed by atoms with E-state index in [9.17, 15) is 4.79 Å². The van der Waals surface area contributed by atoms with Crippen molar-refractivity contribution in [1.29, 1.82) is 0 Å². The van der Waals surface area contributed by atoms with Crippen molar-refractivity contribution in [3.63, 3.8) is 0 Å². The minimum atomic E-state index is -0.269. The summed E-state index contributed by atoms with van der Waals surface area (Å²) in [5, 5.41) is 0. The molecule has 6 unspecified atom stereocenters. The molecule has 0 saturated heterocycles. The molecule has 0 aliphatic heterocycles. The zero-order valence-corrected chi connectivity index (χ0v) is 13.2. The number of esters is 1. The molecule has 0 aromatic carbocycles. The summed E-state index contributed by atoms with van der Waals surface area (Å²) in [6.45, 7) is 10.0. The first-order chi connectivity index (χ1) is 9.45. The summed E-state index contributed by atoms with van der Waals surface area (Å²) in [6.07, 6.45) is 8.05. The van der Waals surface area contributed by atoms with E-state index in [0.717, 1.165) is 17.8 Å². The normalized spacial score (nSPS) is 46.6. The molecule has 0 heterocycles. The monoisotopic (exact) mass is 276 g/mol. The van der Waals surface area contributed by atoms with Crippen molar-refractivity contribution in [2.24, 2.45) is 29.6 Å². The van der Waals surface area contributed by atoms with E-state index in [1.807, 2.05) is 0 Å². The smallest absolute Gasteiger partial charge is 0.333 e. The Morgan fingerprint density at radius 1 is 1.20 bits per heavy atom. The largest absolute Gasteiger partial charge is 0.455 e. The molecule has 3 rings (SSSR count). The van der Waals surface area contributed by atoms with Gasteiger partial charge >= 0.3 is 5.97 Å². The molecule has 0 amide bonds. The standard InChI is InChI=1S/C18H28O2/c1-11(2)17(19)20-18(4)12(3)14-9-5-7-13-8-6-10-15(18)16(13)14/h12-16H,1,5-10H2,2-4H3. The molecule has 6 atom stereocenters. The molecular formula is C18H28O2. The molecule has 3 saturated carbocycles. The number of carbonyl (C=O) groups excluding carboxylic acids is 1. The highest BCUT2D eigenvalue weighted by atomic mass is 16.6. The number of carbonyl (C=O) groups is 1. The summed E-state index contributed by atoms with van der Waals surface area (Å²) in [6, 6.07) is 0. The molecule has 0 aromatic rings. The van der Waals surface area contributed by atoms with E-state index < -0.39 is 0 Å². The second-order valence-electron chi connectivity index (χ2n) is 7.61. The first-order valence-electron chi connectivity index (χ1n) is 8.34. The Hall–Kier alpha value is -0.790. The second kappa shape index (κ2) is 4.89. The molecule has 20 heavy (non-hydrogen) atoms. The molecule has 0 bridgehead atoms. The summed E-state index contributed by atoms with van der Waals surface area (Å²) in [4.78, 5) is 12.1. The Balaban J connectivity index is 1.90. The Labute approximate surface area is 123 Å². The van der Waals surface area contributed by atoms with Crippen molar-refractivity contribution < 1.29 is 9.53 Å². The summed E-state index contributed by atoms with van der Waals surface area (Å²) in [7, 11) is 0. The predicted molar refractivity (Wildman–Crippen MR) is 80.1 cm³/mol. The third kappa shape index (κ3) is 1.95. The van der Waals surface area contributed by atoms with Gasteiger partial charge in [-0.25, -0.2) is 4.79 Å². The van der Waals surface area contributed by atoms with Gasteiger partial charge in [-0.15, -0.1) is 0 Å². The van der Waals surface area contributed by atoms with Crippen molar-refractivity contribution in [2.75, 3.05) is 0 Å². The van der Waals surface area contributed by atoms with Crippen molar-refractivity contribution in [3.05, 3.63) is 12.2 Å². The summed E-state index contributed by atoms with van der Waals surface area (Å²) in [5.74, 6) is 3.32. The van der Waals surface area contributed by atoms with Crippen LogP contribution >= 0.6 is 0 Å². The first kappa shape index (κ1) is 14.2. The van der Waals surface area contributed by atoms with E-state index in [0.29, 0.717) is 17.4 Å². The quantitative estimate of drug-likeness (QED) is 0.554. The van der Waals surface area contributed by atoms with E-state index in [4.69, 9.17) is 4.74 Å². The van der Waals surface area contributed by atoms with Gasteiger partial charge in [0.25, 0.3) is 0 Å². The van der Waals surface area contributed by atoms with Gasteiger partial charge in [-0.05, 0) is 50.4 Å². The average Bonchev–Trinajstić information content (AvgIpc) is 2.64. The zero-order valence-electron chi connectivity index (χ0n) is 13.2. The second-order valence-corrected chi connectivity index (χ2v) is 7.61. The Morgan fingerprint density at radius 2 is 1.85 bits per heavy atom. The van der Waals surface area contributed by atoms with Gasteiger partial charge in [0.15, 0.2) is 0 Å². The van der Waals surface area contributed by atoms with Gasteiger partial charge in [-0.1, -0.05) is 39.2 Å². The van der Waals surface area contributed by atoms with Gasteiger partial charge in [0.05, 0.1) is 0 Å². The molecule has 0 radical (unpaired) electrons. The van der Waals surface area contributed by atoms with E-state index in [2.05, 4.69) is 20.4 Å². The zero-order chi connectivity index (χ0) is 14.5. The topological polar surface area (TPSA) is 26.3 Å². The Morgan fingerprint density at radius 3 is 2.50 bits per heavy atom. The third-order valence-electron chi connectivity index (χ3n) is 6.65. The number of hydrogen-bond donors (Lipinski definition) is 0. The molecule has 0 spiro atoms. The molecule has 3 fully saturated rings. The van der Waals surface area contributed by atoms with Gasteiger partial charge in [0.1, 0.15) is 5.60 Å². The molecule has 2 heteroatoms. The molecular weight excluding hydrogens is 248 g/mol. The fourth-order valence-corrected chi connectivity index (χ4v) is 5.58. The van der Waals surface area contributed by atoms with Gasteiger partial charge in [-0.3, -0.25) is 0 Å². The van der Waals surface area contributed by atoms with Gasteiger partial charge in [0, 0.05) is 11.5 Å². The van der Waals surface area contributed by atoms with Crippen LogP contribution in [0, 0.1) is 29.6 Å². The number of ether oxygens (including phenoxy) is 1. The maximum absolute atomic E-state index is 12.1. The Bertz CT molecular complexity index is 425. The Kier molecular flexibility index (Phi) is 3.46. The summed E-state index contributed by atoms with van der Waals surface area (Å²) >= 11 is 0. The number of hydrogen-bond acceptors (Lipinski definition) is 2. The fourth-order valence-electron chi connectivity index (χ4n) is 5.58. The van der Waals surface area contributed by atoms with Crippen LogP contribution in [-0.4, -0.2) is 11.6 Å². The maximum Gasteiger partial charge on any atom is 0.333 e. The molecule has 2 nitrogen and oxygen atoms in total. The van der Waals surface area contributed by atoms with Gasteiger partial charge < -0.3 is 4.74 Å². The van der Waals surface area contributed by atoms with Crippen molar-refractivity contribution in [1.82, 2.24) is 0 Å². The summed E-state index contributed by atoms with van der Waals surface area (Å²) < 4.78 is 6.01. The minimum Gasteiger partial charge on any atom is -0.455 e. The number of rotatable bonds is 2. The van der Waals surface area contributed by atoms with Crippen molar-refractivity contribution in [2.45, 2.75) is 64.9 Å². The van der Waals surface area contributed by atoms with Crippen LogP contribution in [0.4, 0.5) is 0 Å². The first-order valence-corrected chi connectivity index (χ1v) is 8.34. The highest BCUT2D eigenvalue weighted by Crippen LogP contribution is 2.61. The lowest BCUT2D eigenvalue weighted by Gasteiger charge is -2.43. The van der Waals surface area contributed by atoms with E-state index >= 15 is 0 Å². The van der Waals surface area contributed by atoms with Crippen LogP contribution in [0.3, 0.4) is 0 Å². The SMILES string of the molecule is C=C(C)C(=O)OC1(C)C(C)C2CCCC3CCCC1C32. The highest BCUT2D eigenvalue weighted by Gasteiger charge is 2.61. The van der Waals surface area contributed by atoms with Gasteiger partial charge in [-0.2, -0.15) is 0 Å². The molecule has 3 aliphatic rings. The molecule has 3 aliphatic carbocycles. The van der Waals surface area contributed by atoms with Gasteiger partial charge in [0.2, 0.25) is 0 Å². The molecule has 112 valence electrons. The van der Waals surface area contributed by atoms with Crippen molar-refractivity contribution in [3.8, 4) is 0 Å². The van der Waals surface area contributed by atoms with Crippen LogP contribution in [0.1, 0.15) is 59.3 Å². The third-order valence-corrected chi connectivity index (χ3v) is 6.65. The lowest BCUT2D eigenvalue weighted by Crippen LogP contribution is -2.43. The van der Waals surface area contributed by atoms with Crippen LogP contribution in [-0.2, 0) is 9.53 Å². The van der Waals surface area contributed by atoms with Crippen LogP contribution in [0.25, 0.3) is 0 Å². The van der Waals surface area contributed by atoms with E-state index in [1.165, 1.54) is 38.5 Å². The summed E-state index contributed by atoms with van der Waals surface area (Å²) in [5.41, 5.74) is 0.259. The van der Waals surface area contributed by atoms with Crippen molar-refractivity contribution >= 4 is 5.97 Å². The minimum absolute atomic E-state index is 0.194. The lowest BCUT2D eigenvalue weighted by molar-refractivity contribution is -0.163. The van der Waals surface area contributed by atoms with Crippen LogP contribution in [0.2, 0.25) is 0 Å². The van der Waals surface area contributed by atoms with Crippen LogP contribution < -0.4 is 0 Å². The maximum atomic E-state index is 12.1. The molecule has 0 aromatic heterocycles. The lowest BCUT2D eigenvalue weighted by atomic mass is 9.64. The van der Waals surface area contributed by atoms with Crippen LogP contribution in [0.15, 0.2) is 12.2 Å². The van der Waals surface area contributed by atoms with Crippen LogP contribution in [0.5, 0.6) is 0 Å². The van der Waals surface area contributed by atoms with E-state index in [-0.39, 0.29) is 11.6 Å². The predicted octanol–water partition coefficient (Wildman–Crippen LogP) is 4.35. The highest BCUT2D eigenvalue weighted by molar-refractivity contribution is 5.87. The fraction of sp³-hybridized carbons (Fsp3) is 0.833. The average molecular weight is 276 g/mol.